The fourth-order valence-corrected chi connectivity index (χ4v) is 1.46. The van der Waals surface area contributed by atoms with Crippen molar-refractivity contribution < 1.29 is 18.0 Å². The van der Waals surface area contributed by atoms with Crippen LogP contribution in [-0.4, -0.2) is 18.6 Å². The number of halogens is 3. The first-order valence-electron chi connectivity index (χ1n) is 5.98. The smallest absolute Gasteiger partial charge is 0.330 e. The molecule has 0 radical (unpaired) electrons. The molecule has 0 fully saturated rings. The van der Waals surface area contributed by atoms with E-state index in [1.165, 1.54) is 0 Å². The van der Waals surface area contributed by atoms with Gasteiger partial charge >= 0.3 is 6.18 Å². The number of nitrogens with two attached hydrogens (primary N) is 1. The number of benzene rings is 1. The third-order valence-corrected chi connectivity index (χ3v) is 2.69. The molecule has 1 amide bonds. The van der Waals surface area contributed by atoms with Gasteiger partial charge in [0.25, 0.3) is 0 Å². The average Bonchev–Trinajstić information content (AvgIpc) is 2.35. The van der Waals surface area contributed by atoms with Crippen LogP contribution in [0.4, 0.5) is 18.9 Å². The predicted molar refractivity (Wildman–Crippen MR) is 67.7 cm³/mol. The van der Waals surface area contributed by atoms with E-state index in [-0.39, 0.29) is 24.8 Å². The fourth-order valence-electron chi connectivity index (χ4n) is 1.46. The Kier molecular flexibility index (Phi) is 5.35. The van der Waals surface area contributed by atoms with Gasteiger partial charge in [0.2, 0.25) is 5.91 Å². The summed E-state index contributed by atoms with van der Waals surface area (Å²) >= 11 is 0. The van der Waals surface area contributed by atoms with Gasteiger partial charge in [-0.2, -0.15) is 13.2 Å². The number of alkyl halides is 3. The van der Waals surface area contributed by atoms with E-state index in [0.29, 0.717) is 11.3 Å². The minimum absolute atomic E-state index is 0.0976. The lowest BCUT2D eigenvalue weighted by Gasteiger charge is -2.11. The third kappa shape index (κ3) is 5.74. The SMILES string of the molecule is CC(CN)C(=O)Nc1cccc(CCC(F)(F)F)c1. The number of hydrogen-bond acceptors (Lipinski definition) is 2. The molecule has 0 aliphatic heterocycles. The van der Waals surface area contributed by atoms with E-state index < -0.39 is 12.6 Å². The van der Waals surface area contributed by atoms with Crippen LogP contribution in [-0.2, 0) is 11.2 Å². The summed E-state index contributed by atoms with van der Waals surface area (Å²) in [5, 5.41) is 2.63. The Labute approximate surface area is 110 Å². The number of anilines is 1. The van der Waals surface area contributed by atoms with Crippen LogP contribution in [0.25, 0.3) is 0 Å². The van der Waals surface area contributed by atoms with E-state index in [0.717, 1.165) is 0 Å². The van der Waals surface area contributed by atoms with Crippen molar-refractivity contribution in [2.24, 2.45) is 11.7 Å². The molecule has 6 heteroatoms. The number of carbonyl (C=O) groups is 1. The highest BCUT2D eigenvalue weighted by molar-refractivity contribution is 5.92. The molecule has 0 heterocycles. The summed E-state index contributed by atoms with van der Waals surface area (Å²) in [4.78, 5) is 11.6. The van der Waals surface area contributed by atoms with E-state index in [1.54, 1.807) is 31.2 Å². The van der Waals surface area contributed by atoms with Gasteiger partial charge in [-0.15, -0.1) is 0 Å². The van der Waals surface area contributed by atoms with E-state index >= 15 is 0 Å². The topological polar surface area (TPSA) is 55.1 Å². The molecule has 106 valence electrons. The highest BCUT2D eigenvalue weighted by Gasteiger charge is 2.26. The van der Waals surface area contributed by atoms with Crippen LogP contribution in [0.3, 0.4) is 0 Å². The Morgan fingerprint density at radius 1 is 1.42 bits per heavy atom. The monoisotopic (exact) mass is 274 g/mol. The maximum absolute atomic E-state index is 12.1. The van der Waals surface area contributed by atoms with Gasteiger partial charge in [0.1, 0.15) is 0 Å². The molecule has 3 N–H and O–H groups in total. The molecule has 0 bridgehead atoms. The van der Waals surface area contributed by atoms with Gasteiger partial charge in [0.15, 0.2) is 0 Å². The van der Waals surface area contributed by atoms with Crippen molar-refractivity contribution in [3.05, 3.63) is 29.8 Å². The van der Waals surface area contributed by atoms with Crippen LogP contribution in [0.2, 0.25) is 0 Å². The largest absolute Gasteiger partial charge is 0.389 e. The quantitative estimate of drug-likeness (QED) is 0.867. The molecule has 19 heavy (non-hydrogen) atoms. The Morgan fingerprint density at radius 2 is 2.11 bits per heavy atom. The van der Waals surface area contributed by atoms with Gasteiger partial charge in [-0.25, -0.2) is 0 Å². The van der Waals surface area contributed by atoms with Gasteiger partial charge in [-0.05, 0) is 24.1 Å². The van der Waals surface area contributed by atoms with Crippen molar-refractivity contribution >= 4 is 11.6 Å². The molecular weight excluding hydrogens is 257 g/mol. The molecular formula is C13H17F3N2O. The van der Waals surface area contributed by atoms with Crippen molar-refractivity contribution in [1.82, 2.24) is 0 Å². The molecule has 1 atom stereocenters. The molecule has 0 aromatic heterocycles. The minimum Gasteiger partial charge on any atom is -0.330 e. The Bertz CT molecular complexity index is 432. The van der Waals surface area contributed by atoms with E-state index in [2.05, 4.69) is 5.32 Å². The number of rotatable bonds is 5. The summed E-state index contributed by atoms with van der Waals surface area (Å²) in [6, 6.07) is 6.41. The molecule has 0 aliphatic rings. The lowest BCUT2D eigenvalue weighted by molar-refractivity contribution is -0.134. The lowest BCUT2D eigenvalue weighted by Crippen LogP contribution is -2.26. The van der Waals surface area contributed by atoms with Crippen LogP contribution >= 0.6 is 0 Å². The number of hydrogen-bond donors (Lipinski definition) is 2. The summed E-state index contributed by atoms with van der Waals surface area (Å²) in [5.41, 5.74) is 6.39. The van der Waals surface area contributed by atoms with Crippen molar-refractivity contribution in [1.29, 1.82) is 0 Å². The molecule has 1 aromatic rings. The lowest BCUT2D eigenvalue weighted by atomic mass is 10.1. The zero-order valence-electron chi connectivity index (χ0n) is 10.6. The van der Waals surface area contributed by atoms with Crippen molar-refractivity contribution in [3.8, 4) is 0 Å². The van der Waals surface area contributed by atoms with Gasteiger partial charge in [-0.1, -0.05) is 19.1 Å². The normalized spacial score (nSPS) is 13.1. The maximum atomic E-state index is 12.1. The zero-order chi connectivity index (χ0) is 14.5. The second-order valence-electron chi connectivity index (χ2n) is 4.44. The number of amides is 1. The number of aryl methyl sites for hydroxylation is 1. The Morgan fingerprint density at radius 3 is 2.68 bits per heavy atom. The number of nitrogens with one attached hydrogen (secondary N) is 1. The Hall–Kier alpha value is -1.56. The highest BCUT2D eigenvalue weighted by Crippen LogP contribution is 2.23. The molecule has 0 saturated carbocycles. The van der Waals surface area contributed by atoms with E-state index in [4.69, 9.17) is 5.73 Å². The number of carbonyl (C=O) groups excluding carboxylic acids is 1. The van der Waals surface area contributed by atoms with Crippen molar-refractivity contribution in [3.63, 3.8) is 0 Å². The second kappa shape index (κ2) is 6.56. The van der Waals surface area contributed by atoms with Crippen molar-refractivity contribution in [2.45, 2.75) is 25.9 Å². The maximum Gasteiger partial charge on any atom is 0.389 e. The van der Waals surface area contributed by atoms with Crippen LogP contribution in [0.1, 0.15) is 18.9 Å². The minimum atomic E-state index is -4.17. The van der Waals surface area contributed by atoms with Crippen LogP contribution in [0.5, 0.6) is 0 Å². The van der Waals surface area contributed by atoms with Crippen LogP contribution in [0, 0.1) is 5.92 Å². The van der Waals surface area contributed by atoms with Gasteiger partial charge < -0.3 is 11.1 Å². The Balaban J connectivity index is 2.64. The first kappa shape index (κ1) is 15.5. The fraction of sp³-hybridized carbons (Fsp3) is 0.462. The van der Waals surface area contributed by atoms with Crippen LogP contribution < -0.4 is 11.1 Å². The standard InChI is InChI=1S/C13H17F3N2O/c1-9(8-17)12(19)18-11-4-2-3-10(7-11)5-6-13(14,15)16/h2-4,7,9H,5-6,8,17H2,1H3,(H,18,19). The highest BCUT2D eigenvalue weighted by atomic mass is 19.4. The molecule has 1 aromatic carbocycles. The second-order valence-corrected chi connectivity index (χ2v) is 4.44. The molecule has 0 saturated heterocycles. The molecule has 0 aliphatic carbocycles. The molecule has 0 spiro atoms. The van der Waals surface area contributed by atoms with Gasteiger partial charge in [-0.3, -0.25) is 4.79 Å². The summed E-state index contributed by atoms with van der Waals surface area (Å²) < 4.78 is 36.4. The molecule has 1 unspecified atom stereocenters. The summed E-state index contributed by atoms with van der Waals surface area (Å²) in [6.07, 6.45) is -5.14. The zero-order valence-corrected chi connectivity index (χ0v) is 10.6. The summed E-state index contributed by atoms with van der Waals surface area (Å²) in [5.74, 6) is -0.575. The first-order valence-corrected chi connectivity index (χ1v) is 5.98. The first-order chi connectivity index (χ1) is 8.81. The third-order valence-electron chi connectivity index (χ3n) is 2.69. The average molecular weight is 274 g/mol. The van der Waals surface area contributed by atoms with Gasteiger partial charge in [0, 0.05) is 24.6 Å². The summed E-state index contributed by atoms with van der Waals surface area (Å²) in [6.45, 7) is 1.91. The molecule has 3 nitrogen and oxygen atoms in total. The van der Waals surface area contributed by atoms with Crippen LogP contribution in [0.15, 0.2) is 24.3 Å². The van der Waals surface area contributed by atoms with Crippen molar-refractivity contribution in [2.75, 3.05) is 11.9 Å². The van der Waals surface area contributed by atoms with E-state index in [9.17, 15) is 18.0 Å². The molecule has 1 rings (SSSR count). The predicted octanol–water partition coefficient (Wildman–Crippen LogP) is 2.71. The summed E-state index contributed by atoms with van der Waals surface area (Å²) in [7, 11) is 0. The van der Waals surface area contributed by atoms with Gasteiger partial charge in [0.05, 0.1) is 0 Å². The van der Waals surface area contributed by atoms with E-state index in [1.807, 2.05) is 0 Å².